The van der Waals surface area contributed by atoms with Crippen LogP contribution < -0.4 is 0 Å². The Morgan fingerprint density at radius 3 is 2.00 bits per heavy atom. The van der Waals surface area contributed by atoms with Gasteiger partial charge in [0.25, 0.3) is 0 Å². The van der Waals surface area contributed by atoms with Gasteiger partial charge in [-0.1, -0.05) is 6.92 Å². The summed E-state index contributed by atoms with van der Waals surface area (Å²) in [6.45, 7) is 2.45. The first kappa shape index (κ1) is 5.62. The van der Waals surface area contributed by atoms with E-state index in [1.54, 1.807) is 38.5 Å². The Balaban J connectivity index is 1.83. The smallest absolute Gasteiger partial charge is 0.0263 e. The van der Waals surface area contributed by atoms with Crippen molar-refractivity contribution in [3.63, 3.8) is 0 Å². The molecule has 0 aliphatic heterocycles. The van der Waals surface area contributed by atoms with Gasteiger partial charge in [0.2, 0.25) is 0 Å². The van der Waals surface area contributed by atoms with Gasteiger partial charge in [-0.25, -0.2) is 0 Å². The van der Waals surface area contributed by atoms with Gasteiger partial charge in [-0.3, -0.25) is 0 Å². The summed E-state index contributed by atoms with van der Waals surface area (Å²) >= 11 is 0. The van der Waals surface area contributed by atoms with E-state index in [-0.39, 0.29) is 0 Å². The predicted octanol–water partition coefficient (Wildman–Crippen LogP) is 2.98. The van der Waals surface area contributed by atoms with Gasteiger partial charge in [-0.05, 0) is 55.3 Å². The first-order valence-corrected chi connectivity index (χ1v) is 4.75. The fourth-order valence-corrected chi connectivity index (χ4v) is 3.19. The van der Waals surface area contributed by atoms with Gasteiger partial charge in [0.15, 0.2) is 0 Å². The Kier molecular flexibility index (Phi) is 0.735. The Morgan fingerprint density at radius 2 is 1.70 bits per heavy atom. The van der Waals surface area contributed by atoms with Crippen LogP contribution in [0.5, 0.6) is 0 Å². The van der Waals surface area contributed by atoms with Crippen molar-refractivity contribution in [1.82, 2.24) is 0 Å². The summed E-state index contributed by atoms with van der Waals surface area (Å²) in [4.78, 5) is 0. The average Bonchev–Trinajstić information content (AvgIpc) is 2.68. The molecule has 2 spiro atoms. The van der Waals surface area contributed by atoms with Gasteiger partial charge in [0.1, 0.15) is 0 Å². The van der Waals surface area contributed by atoms with Crippen LogP contribution in [-0.4, -0.2) is 0 Å². The van der Waals surface area contributed by atoms with Gasteiger partial charge >= 0.3 is 0 Å². The maximum atomic E-state index is 2.45. The van der Waals surface area contributed by atoms with Crippen molar-refractivity contribution < 1.29 is 0 Å². The first-order valence-electron chi connectivity index (χ1n) is 4.75. The number of hydrogen-bond acceptors (Lipinski definition) is 0. The second-order valence-electron chi connectivity index (χ2n) is 5.14. The van der Waals surface area contributed by atoms with Crippen LogP contribution in [0.2, 0.25) is 0 Å². The molecule has 3 rings (SSSR count). The van der Waals surface area contributed by atoms with Crippen molar-refractivity contribution in [3.05, 3.63) is 0 Å². The Morgan fingerprint density at radius 1 is 1.10 bits per heavy atom. The summed E-state index contributed by atoms with van der Waals surface area (Å²) < 4.78 is 0. The van der Waals surface area contributed by atoms with Crippen LogP contribution >= 0.6 is 0 Å². The lowest BCUT2D eigenvalue weighted by Crippen LogP contribution is -1.97. The summed E-state index contributed by atoms with van der Waals surface area (Å²) in [5, 5.41) is 0. The van der Waals surface area contributed by atoms with Crippen LogP contribution in [-0.2, 0) is 0 Å². The normalized spacial score (nSPS) is 54.3. The van der Waals surface area contributed by atoms with Gasteiger partial charge in [0, 0.05) is 0 Å². The molecule has 0 N–H and O–H groups in total. The van der Waals surface area contributed by atoms with E-state index in [9.17, 15) is 0 Å². The van der Waals surface area contributed by atoms with Gasteiger partial charge in [-0.2, -0.15) is 0 Å². The second kappa shape index (κ2) is 1.31. The number of rotatable bonds is 0. The molecule has 0 aromatic carbocycles. The molecule has 2 atom stereocenters. The first-order chi connectivity index (χ1) is 4.75. The zero-order valence-electron chi connectivity index (χ0n) is 6.82. The van der Waals surface area contributed by atoms with Crippen LogP contribution in [0.4, 0.5) is 0 Å². The maximum absolute atomic E-state index is 2.45. The van der Waals surface area contributed by atoms with E-state index in [0.717, 1.165) is 16.7 Å². The lowest BCUT2D eigenvalue weighted by atomic mass is 9.99. The largest absolute Gasteiger partial charge is 0.0620 e. The summed E-state index contributed by atoms with van der Waals surface area (Å²) in [6.07, 6.45) is 9.48. The van der Waals surface area contributed by atoms with E-state index >= 15 is 0 Å². The molecule has 0 aromatic heterocycles. The highest BCUT2D eigenvalue weighted by atomic mass is 14.7. The zero-order chi connectivity index (χ0) is 6.82. The fourth-order valence-electron chi connectivity index (χ4n) is 3.19. The van der Waals surface area contributed by atoms with Crippen LogP contribution in [0.1, 0.15) is 45.4 Å². The lowest BCUT2D eigenvalue weighted by Gasteiger charge is -2.06. The summed E-state index contributed by atoms with van der Waals surface area (Å²) in [7, 11) is 0. The summed E-state index contributed by atoms with van der Waals surface area (Å²) in [6, 6.07) is 0. The topological polar surface area (TPSA) is 0 Å². The Bertz CT molecular complexity index is 178. The molecule has 0 saturated heterocycles. The fraction of sp³-hybridized carbons (Fsp3) is 1.00. The van der Waals surface area contributed by atoms with Gasteiger partial charge in [0.05, 0.1) is 0 Å². The molecule has 0 nitrogen and oxygen atoms in total. The van der Waals surface area contributed by atoms with Crippen LogP contribution in [0.25, 0.3) is 0 Å². The molecule has 3 aliphatic rings. The molecule has 56 valence electrons. The Labute approximate surface area is 63.0 Å². The lowest BCUT2D eigenvalue weighted by molar-refractivity contribution is 0.437. The summed E-state index contributed by atoms with van der Waals surface area (Å²) in [5.74, 6) is 1.09. The van der Waals surface area contributed by atoms with E-state index in [0.29, 0.717) is 0 Å². The summed E-state index contributed by atoms with van der Waals surface area (Å²) in [5.41, 5.74) is 1.82. The zero-order valence-corrected chi connectivity index (χ0v) is 6.82. The predicted molar refractivity (Wildman–Crippen MR) is 41.7 cm³/mol. The van der Waals surface area contributed by atoms with E-state index in [1.807, 2.05) is 0 Å². The molecule has 0 aromatic rings. The number of hydrogen-bond donors (Lipinski definition) is 0. The maximum Gasteiger partial charge on any atom is -0.0263 e. The molecule has 0 bridgehead atoms. The molecular weight excluding hydrogens is 120 g/mol. The third-order valence-corrected chi connectivity index (χ3v) is 4.44. The quantitative estimate of drug-likeness (QED) is 0.480. The molecular formula is C10H16. The molecule has 3 aliphatic carbocycles. The van der Waals surface area contributed by atoms with Crippen LogP contribution in [0, 0.1) is 16.7 Å². The second-order valence-corrected chi connectivity index (χ2v) is 5.14. The monoisotopic (exact) mass is 136 g/mol. The highest BCUT2D eigenvalue weighted by molar-refractivity contribution is 5.13. The van der Waals surface area contributed by atoms with Crippen molar-refractivity contribution in [1.29, 1.82) is 0 Å². The molecule has 3 saturated carbocycles. The van der Waals surface area contributed by atoms with Gasteiger partial charge < -0.3 is 0 Å². The Hall–Kier alpha value is 0. The van der Waals surface area contributed by atoms with Crippen molar-refractivity contribution in [2.75, 3.05) is 0 Å². The van der Waals surface area contributed by atoms with E-state index < -0.39 is 0 Å². The van der Waals surface area contributed by atoms with Gasteiger partial charge in [-0.15, -0.1) is 0 Å². The molecule has 10 heavy (non-hydrogen) atoms. The third kappa shape index (κ3) is 0.538. The minimum absolute atomic E-state index is 0.899. The molecule has 0 radical (unpaired) electrons. The van der Waals surface area contributed by atoms with Crippen LogP contribution in [0.15, 0.2) is 0 Å². The highest BCUT2D eigenvalue weighted by Crippen LogP contribution is 2.73. The van der Waals surface area contributed by atoms with Crippen LogP contribution in [0.3, 0.4) is 0 Å². The van der Waals surface area contributed by atoms with E-state index in [1.165, 1.54) is 0 Å². The average molecular weight is 136 g/mol. The SMILES string of the molecule is CC1CC12CCC1(CC1)C2. The van der Waals surface area contributed by atoms with Crippen molar-refractivity contribution in [2.45, 2.75) is 45.4 Å². The van der Waals surface area contributed by atoms with Crippen molar-refractivity contribution >= 4 is 0 Å². The van der Waals surface area contributed by atoms with Crippen molar-refractivity contribution in [3.8, 4) is 0 Å². The molecule has 2 unspecified atom stereocenters. The van der Waals surface area contributed by atoms with E-state index in [4.69, 9.17) is 0 Å². The molecule has 0 heteroatoms. The standard InChI is InChI=1S/C10H16/c1-8-6-10(8)5-4-9(7-10)2-3-9/h8H,2-7H2,1H3. The highest BCUT2D eigenvalue weighted by Gasteiger charge is 2.62. The van der Waals surface area contributed by atoms with E-state index in [2.05, 4.69) is 6.92 Å². The van der Waals surface area contributed by atoms with Crippen molar-refractivity contribution in [2.24, 2.45) is 16.7 Å². The minimum Gasteiger partial charge on any atom is -0.0620 e. The molecule has 0 heterocycles. The third-order valence-electron chi connectivity index (χ3n) is 4.44. The minimum atomic E-state index is 0.899. The molecule has 0 amide bonds. The molecule has 3 fully saturated rings.